The van der Waals surface area contributed by atoms with E-state index < -0.39 is 5.97 Å². The highest BCUT2D eigenvalue weighted by Gasteiger charge is 2.09. The summed E-state index contributed by atoms with van der Waals surface area (Å²) in [6.45, 7) is 1.70. The maximum Gasteiger partial charge on any atom is 0.339 e. The van der Waals surface area contributed by atoms with Crippen LogP contribution in [0.5, 0.6) is 0 Å². The molecule has 0 saturated carbocycles. The lowest BCUT2D eigenvalue weighted by molar-refractivity contribution is 0.0696. The zero-order chi connectivity index (χ0) is 9.14. The summed E-state index contributed by atoms with van der Waals surface area (Å²) in [5, 5.41) is 17.1. The van der Waals surface area contributed by atoms with E-state index in [4.69, 9.17) is 10.3 Å². The lowest BCUT2D eigenvalue weighted by Crippen LogP contribution is -2.04. The summed E-state index contributed by atoms with van der Waals surface area (Å²) in [6.07, 6.45) is 1.19. The third kappa shape index (κ3) is 1.51. The predicted molar refractivity (Wildman–Crippen MR) is 41.3 cm³/mol. The fraction of sp³-hybridized carbons (Fsp3) is 0.143. The van der Waals surface area contributed by atoms with Gasteiger partial charge in [0, 0.05) is 11.9 Å². The lowest BCUT2D eigenvalue weighted by Gasteiger charge is -2.03. The largest absolute Gasteiger partial charge is 0.478 e. The zero-order valence-electron chi connectivity index (χ0n) is 6.40. The Morgan fingerprint density at radius 3 is 2.83 bits per heavy atom. The quantitative estimate of drug-likeness (QED) is 0.571. The first-order valence-corrected chi connectivity index (χ1v) is 3.25. The van der Waals surface area contributed by atoms with E-state index in [1.165, 1.54) is 12.3 Å². The number of nitrogens with zero attached hydrogens (tertiary/aromatic N) is 1. The first-order valence-electron chi connectivity index (χ1n) is 3.25. The standard InChI is InChI=1S/C7H8N2O3/c1-4-2-6(9-12)5(3-8-4)7(10)11/h2-3,12H,1H3,(H,8,9)(H,10,11). The molecule has 0 atom stereocenters. The fourth-order valence-corrected chi connectivity index (χ4v) is 0.823. The van der Waals surface area contributed by atoms with Crippen molar-refractivity contribution in [2.75, 3.05) is 5.48 Å². The van der Waals surface area contributed by atoms with Crippen molar-refractivity contribution in [1.82, 2.24) is 4.98 Å². The summed E-state index contributed by atoms with van der Waals surface area (Å²) in [6, 6.07) is 1.45. The SMILES string of the molecule is Cc1cc(NO)c(C(=O)O)cn1. The van der Waals surface area contributed by atoms with E-state index in [0.29, 0.717) is 5.69 Å². The van der Waals surface area contributed by atoms with Crippen molar-refractivity contribution in [2.24, 2.45) is 0 Å². The topological polar surface area (TPSA) is 82.5 Å². The van der Waals surface area contributed by atoms with Crippen LogP contribution < -0.4 is 5.48 Å². The van der Waals surface area contributed by atoms with Crippen molar-refractivity contribution in [3.8, 4) is 0 Å². The fourth-order valence-electron chi connectivity index (χ4n) is 0.823. The number of pyridine rings is 1. The monoisotopic (exact) mass is 168 g/mol. The number of rotatable bonds is 2. The van der Waals surface area contributed by atoms with Crippen molar-refractivity contribution in [2.45, 2.75) is 6.92 Å². The molecule has 3 N–H and O–H groups in total. The number of aryl methyl sites for hydroxylation is 1. The van der Waals surface area contributed by atoms with Crippen LogP contribution in [0.15, 0.2) is 12.3 Å². The van der Waals surface area contributed by atoms with Crippen LogP contribution in [0.25, 0.3) is 0 Å². The van der Waals surface area contributed by atoms with Crippen molar-refractivity contribution in [3.05, 3.63) is 23.5 Å². The second-order valence-electron chi connectivity index (χ2n) is 2.29. The van der Waals surface area contributed by atoms with Crippen LogP contribution in [0.3, 0.4) is 0 Å². The summed E-state index contributed by atoms with van der Waals surface area (Å²) in [5.41, 5.74) is 2.53. The van der Waals surface area contributed by atoms with Crippen LogP contribution in [0.4, 0.5) is 5.69 Å². The van der Waals surface area contributed by atoms with Gasteiger partial charge in [0.15, 0.2) is 0 Å². The molecule has 0 spiro atoms. The van der Waals surface area contributed by atoms with Gasteiger partial charge in [-0.05, 0) is 13.0 Å². The molecule has 64 valence electrons. The first kappa shape index (κ1) is 8.48. The molecule has 5 nitrogen and oxygen atoms in total. The highest BCUT2D eigenvalue weighted by atomic mass is 16.5. The summed E-state index contributed by atoms with van der Waals surface area (Å²) in [5.74, 6) is -1.13. The number of aromatic carboxylic acids is 1. The number of carboxylic acids is 1. The Balaban J connectivity index is 3.20. The van der Waals surface area contributed by atoms with E-state index >= 15 is 0 Å². The van der Waals surface area contributed by atoms with Crippen LogP contribution in [0, 0.1) is 6.92 Å². The second-order valence-corrected chi connectivity index (χ2v) is 2.29. The van der Waals surface area contributed by atoms with Crippen LogP contribution in [-0.4, -0.2) is 21.3 Å². The number of aromatic nitrogens is 1. The van der Waals surface area contributed by atoms with Crippen molar-refractivity contribution in [3.63, 3.8) is 0 Å². The number of carbonyl (C=O) groups is 1. The molecule has 0 radical (unpaired) electrons. The number of hydrogen-bond acceptors (Lipinski definition) is 4. The average molecular weight is 168 g/mol. The van der Waals surface area contributed by atoms with Crippen LogP contribution in [0.2, 0.25) is 0 Å². The van der Waals surface area contributed by atoms with E-state index in [2.05, 4.69) is 4.98 Å². The van der Waals surface area contributed by atoms with Gasteiger partial charge in [-0.25, -0.2) is 4.79 Å². The Morgan fingerprint density at radius 2 is 2.33 bits per heavy atom. The van der Waals surface area contributed by atoms with E-state index in [9.17, 15) is 4.79 Å². The molecule has 12 heavy (non-hydrogen) atoms. The van der Waals surface area contributed by atoms with Crippen LogP contribution in [-0.2, 0) is 0 Å². The van der Waals surface area contributed by atoms with E-state index in [-0.39, 0.29) is 11.3 Å². The molecule has 1 aromatic heterocycles. The molecule has 1 heterocycles. The molecule has 5 heteroatoms. The molecule has 0 unspecified atom stereocenters. The summed E-state index contributed by atoms with van der Waals surface area (Å²) in [7, 11) is 0. The highest BCUT2D eigenvalue weighted by molar-refractivity contribution is 5.93. The maximum atomic E-state index is 10.5. The van der Waals surface area contributed by atoms with Crippen molar-refractivity contribution in [1.29, 1.82) is 0 Å². The first-order chi connectivity index (χ1) is 5.65. The van der Waals surface area contributed by atoms with Gasteiger partial charge in [0.2, 0.25) is 0 Å². The Kier molecular flexibility index (Phi) is 2.25. The lowest BCUT2D eigenvalue weighted by atomic mass is 10.2. The van der Waals surface area contributed by atoms with Gasteiger partial charge in [0.1, 0.15) is 5.56 Å². The Hall–Kier alpha value is -1.62. The Bertz CT molecular complexity index is 312. The molecule has 0 saturated heterocycles. The van der Waals surface area contributed by atoms with Gasteiger partial charge < -0.3 is 5.11 Å². The van der Waals surface area contributed by atoms with Crippen molar-refractivity contribution >= 4 is 11.7 Å². The second kappa shape index (κ2) is 3.19. The smallest absolute Gasteiger partial charge is 0.339 e. The molecule has 0 amide bonds. The predicted octanol–water partition coefficient (Wildman–Crippen LogP) is 0.889. The molecule has 0 aliphatic rings. The molecule has 0 aliphatic heterocycles. The van der Waals surface area contributed by atoms with Gasteiger partial charge in [-0.15, -0.1) is 0 Å². The summed E-state index contributed by atoms with van der Waals surface area (Å²) in [4.78, 5) is 14.3. The summed E-state index contributed by atoms with van der Waals surface area (Å²) < 4.78 is 0. The van der Waals surface area contributed by atoms with Crippen LogP contribution in [0.1, 0.15) is 16.1 Å². The Labute approximate surface area is 68.6 Å². The van der Waals surface area contributed by atoms with Gasteiger partial charge >= 0.3 is 5.97 Å². The zero-order valence-corrected chi connectivity index (χ0v) is 6.40. The molecular weight excluding hydrogens is 160 g/mol. The third-order valence-electron chi connectivity index (χ3n) is 1.39. The van der Waals surface area contributed by atoms with E-state index in [0.717, 1.165) is 0 Å². The van der Waals surface area contributed by atoms with Gasteiger partial charge in [-0.3, -0.25) is 15.7 Å². The summed E-state index contributed by atoms with van der Waals surface area (Å²) >= 11 is 0. The number of hydrogen-bond donors (Lipinski definition) is 3. The highest BCUT2D eigenvalue weighted by Crippen LogP contribution is 2.14. The molecule has 0 fully saturated rings. The Morgan fingerprint density at radius 1 is 1.67 bits per heavy atom. The van der Waals surface area contributed by atoms with Crippen molar-refractivity contribution < 1.29 is 15.1 Å². The molecule has 1 rings (SSSR count). The minimum absolute atomic E-state index is 0.0527. The van der Waals surface area contributed by atoms with E-state index in [1.54, 1.807) is 12.4 Å². The molecule has 0 aromatic carbocycles. The minimum atomic E-state index is -1.13. The van der Waals surface area contributed by atoms with Gasteiger partial charge in [0.25, 0.3) is 0 Å². The minimum Gasteiger partial charge on any atom is -0.478 e. The molecular formula is C7H8N2O3. The van der Waals surface area contributed by atoms with Crippen LogP contribution >= 0.6 is 0 Å². The number of nitrogens with one attached hydrogen (secondary N) is 1. The van der Waals surface area contributed by atoms with Gasteiger partial charge in [-0.1, -0.05) is 0 Å². The van der Waals surface area contributed by atoms with Gasteiger partial charge in [-0.2, -0.15) is 0 Å². The average Bonchev–Trinajstić information content (AvgIpc) is 2.03. The van der Waals surface area contributed by atoms with E-state index in [1.807, 2.05) is 0 Å². The molecule has 0 aliphatic carbocycles. The maximum absolute atomic E-state index is 10.5. The molecule has 0 bridgehead atoms. The van der Waals surface area contributed by atoms with Gasteiger partial charge in [0.05, 0.1) is 5.69 Å². The number of carboxylic acid groups (broad SMARTS) is 1. The number of anilines is 1. The molecule has 1 aromatic rings. The third-order valence-corrected chi connectivity index (χ3v) is 1.39. The normalized spacial score (nSPS) is 9.50.